The van der Waals surface area contributed by atoms with Crippen LogP contribution in [0.3, 0.4) is 0 Å². The number of esters is 1. The van der Waals surface area contributed by atoms with Crippen molar-refractivity contribution in [1.82, 2.24) is 0 Å². The van der Waals surface area contributed by atoms with Crippen molar-refractivity contribution in [2.24, 2.45) is 0 Å². The molecule has 92 valence electrons. The Labute approximate surface area is 97.2 Å². The average Bonchev–Trinajstić information content (AvgIpc) is 2.24. The number of rotatable bonds is 3. The molecule has 1 N–H and O–H groups in total. The fourth-order valence-corrected chi connectivity index (χ4v) is 0.241. The number of carboxylic acids is 1. The summed E-state index contributed by atoms with van der Waals surface area (Å²) < 4.78 is 4.17. The number of carbonyl (C=O) groups is 2. The van der Waals surface area contributed by atoms with Gasteiger partial charge in [-0.05, 0) is 0 Å². The molecule has 0 aromatic carbocycles. The number of hydrogen-bond donors (Lipinski definition) is 1. The van der Waals surface area contributed by atoms with Crippen LogP contribution in [0.15, 0.2) is 51.8 Å². The van der Waals surface area contributed by atoms with E-state index < -0.39 is 5.97 Å². The predicted octanol–water partition coefficient (Wildman–Crippen LogP) is 2.94. The van der Waals surface area contributed by atoms with Gasteiger partial charge < -0.3 is 9.84 Å². The zero-order valence-corrected chi connectivity index (χ0v) is 9.78. The summed E-state index contributed by atoms with van der Waals surface area (Å²) in [4.78, 5) is 19.3. The molecule has 0 amide bonds. The summed E-state index contributed by atoms with van der Waals surface area (Å²) in [5.74, 6) is -1.16. The van der Waals surface area contributed by atoms with E-state index in [1.807, 2.05) is 0 Å². The van der Waals surface area contributed by atoms with Crippen molar-refractivity contribution in [1.29, 1.82) is 0 Å². The maximum atomic E-state index is 9.75. The summed E-state index contributed by atoms with van der Waals surface area (Å²) in [6.07, 6.45) is 2.50. The fourth-order valence-electron chi connectivity index (χ4n) is 0.241. The molecular weight excluding hydrogens is 208 g/mol. The Hall–Kier alpha value is -2.10. The highest BCUT2D eigenvalue weighted by atomic mass is 16.5. The van der Waals surface area contributed by atoms with E-state index in [-0.39, 0.29) is 12.4 Å². The van der Waals surface area contributed by atoms with Crippen molar-refractivity contribution < 1.29 is 19.4 Å². The quantitative estimate of drug-likeness (QED) is 0.458. The molecular formula is C12H20O4. The Morgan fingerprint density at radius 3 is 1.56 bits per heavy atom. The Bertz CT molecular complexity index is 175. The largest absolute Gasteiger partial charge is 0.481 e. The van der Waals surface area contributed by atoms with Crippen molar-refractivity contribution in [3.8, 4) is 0 Å². The molecule has 16 heavy (non-hydrogen) atoms. The molecule has 4 nitrogen and oxygen atoms in total. The van der Waals surface area contributed by atoms with E-state index in [2.05, 4.69) is 44.2 Å². The molecule has 0 bridgehead atoms. The average molecular weight is 228 g/mol. The molecule has 0 saturated heterocycles. The highest BCUT2D eigenvalue weighted by Crippen LogP contribution is 1.74. The Morgan fingerprint density at radius 1 is 1.19 bits per heavy atom. The van der Waals surface area contributed by atoms with E-state index in [9.17, 15) is 9.59 Å². The summed E-state index contributed by atoms with van der Waals surface area (Å²) in [6.45, 7) is 19.7. The molecule has 0 saturated carbocycles. The number of aliphatic carboxylic acids is 1. The van der Waals surface area contributed by atoms with Gasteiger partial charge in [0.1, 0.15) is 0 Å². The molecule has 0 heterocycles. The molecule has 4 heteroatoms. The predicted molar refractivity (Wildman–Crippen MR) is 66.9 cm³/mol. The van der Waals surface area contributed by atoms with Crippen LogP contribution < -0.4 is 0 Å². The van der Waals surface area contributed by atoms with Gasteiger partial charge in [0.05, 0.1) is 12.7 Å². The first-order valence-corrected chi connectivity index (χ1v) is 4.15. The van der Waals surface area contributed by atoms with Crippen LogP contribution in [0.4, 0.5) is 0 Å². The molecule has 0 rings (SSSR count). The maximum absolute atomic E-state index is 9.75. The molecule has 0 unspecified atom stereocenters. The Morgan fingerprint density at radius 2 is 1.56 bits per heavy atom. The lowest BCUT2D eigenvalue weighted by atomic mass is 10.4. The Kier molecular flexibility index (Phi) is 43.2. The van der Waals surface area contributed by atoms with Crippen LogP contribution in [0, 0.1) is 0 Å². The third-order valence-electron chi connectivity index (χ3n) is 0.568. The van der Waals surface area contributed by atoms with Gasteiger partial charge in [0.15, 0.2) is 0 Å². The second-order valence-corrected chi connectivity index (χ2v) is 1.66. The van der Waals surface area contributed by atoms with Gasteiger partial charge in [-0.3, -0.25) is 9.59 Å². The van der Waals surface area contributed by atoms with Gasteiger partial charge >= 0.3 is 11.9 Å². The highest BCUT2D eigenvalue weighted by Gasteiger charge is 1.84. The van der Waals surface area contributed by atoms with Gasteiger partial charge in [-0.25, -0.2) is 0 Å². The van der Waals surface area contributed by atoms with E-state index >= 15 is 0 Å². The lowest BCUT2D eigenvalue weighted by Gasteiger charge is -1.83. The lowest BCUT2D eigenvalue weighted by molar-refractivity contribution is -0.136. The van der Waals surface area contributed by atoms with Crippen LogP contribution in [0.5, 0.6) is 0 Å². The van der Waals surface area contributed by atoms with Crippen molar-refractivity contribution in [2.75, 3.05) is 0 Å². The van der Waals surface area contributed by atoms with Crippen LogP contribution in [0.2, 0.25) is 0 Å². The SMILES string of the molecule is C=C.C=C.C=CCC(=O)O.C=COC(C)=O. The van der Waals surface area contributed by atoms with E-state index in [0.717, 1.165) is 6.26 Å². The van der Waals surface area contributed by atoms with Crippen LogP contribution in [-0.2, 0) is 14.3 Å². The number of carbonyl (C=O) groups excluding carboxylic acids is 1. The molecule has 0 radical (unpaired) electrons. The Balaban J connectivity index is -0.0000000686. The maximum Gasteiger partial charge on any atom is 0.307 e. The molecule has 0 aliphatic heterocycles. The minimum Gasteiger partial charge on any atom is -0.481 e. The standard InChI is InChI=1S/2C4H6O2.2C2H4/c1-3-6-4(2)5;1-2-3-4(5)6;2*1-2/h3H,1H2,2H3;2H,1,3H2,(H,5,6);2*1-2H2. The first-order chi connectivity index (χ1) is 7.54. The van der Waals surface area contributed by atoms with Gasteiger partial charge in [-0.1, -0.05) is 12.7 Å². The second kappa shape index (κ2) is 29.3. The van der Waals surface area contributed by atoms with E-state index in [0.29, 0.717) is 0 Å². The third kappa shape index (κ3) is 93.0. The van der Waals surface area contributed by atoms with E-state index in [4.69, 9.17) is 5.11 Å². The van der Waals surface area contributed by atoms with Crippen LogP contribution in [0.25, 0.3) is 0 Å². The zero-order valence-electron chi connectivity index (χ0n) is 9.78. The van der Waals surface area contributed by atoms with Gasteiger partial charge in [0, 0.05) is 6.92 Å². The summed E-state index contributed by atoms with van der Waals surface area (Å²) >= 11 is 0. The number of ether oxygens (including phenoxy) is 1. The highest BCUT2D eigenvalue weighted by molar-refractivity contribution is 5.68. The topological polar surface area (TPSA) is 63.6 Å². The fraction of sp³-hybridized carbons (Fsp3) is 0.167. The minimum atomic E-state index is -0.829. The summed E-state index contributed by atoms with van der Waals surface area (Å²) in [5.41, 5.74) is 0. The van der Waals surface area contributed by atoms with Crippen molar-refractivity contribution in [3.63, 3.8) is 0 Å². The van der Waals surface area contributed by atoms with Gasteiger partial charge in [0.25, 0.3) is 0 Å². The molecule has 0 spiro atoms. The normalized spacial score (nSPS) is 5.81. The van der Waals surface area contributed by atoms with Crippen LogP contribution >= 0.6 is 0 Å². The first-order valence-electron chi connectivity index (χ1n) is 4.15. The molecule has 0 aliphatic rings. The van der Waals surface area contributed by atoms with Crippen molar-refractivity contribution in [3.05, 3.63) is 51.8 Å². The molecule has 0 atom stereocenters. The first kappa shape index (κ1) is 23.6. The summed E-state index contributed by atoms with van der Waals surface area (Å²) in [7, 11) is 0. The number of hydrogen-bond acceptors (Lipinski definition) is 3. The minimum absolute atomic E-state index is 0.0556. The van der Waals surface area contributed by atoms with Crippen molar-refractivity contribution in [2.45, 2.75) is 13.3 Å². The summed E-state index contributed by atoms with van der Waals surface area (Å²) in [6, 6.07) is 0. The van der Waals surface area contributed by atoms with Crippen LogP contribution in [-0.4, -0.2) is 17.0 Å². The lowest BCUT2D eigenvalue weighted by Crippen LogP contribution is -1.88. The number of carboxylic acid groups (broad SMARTS) is 1. The smallest absolute Gasteiger partial charge is 0.307 e. The monoisotopic (exact) mass is 228 g/mol. The molecule has 0 aromatic rings. The van der Waals surface area contributed by atoms with E-state index in [1.54, 1.807) is 0 Å². The van der Waals surface area contributed by atoms with Gasteiger partial charge in [-0.2, -0.15) is 0 Å². The van der Waals surface area contributed by atoms with E-state index in [1.165, 1.54) is 13.0 Å². The van der Waals surface area contributed by atoms with Gasteiger partial charge in [0.2, 0.25) is 0 Å². The molecule has 0 fully saturated rings. The second-order valence-electron chi connectivity index (χ2n) is 1.66. The summed E-state index contributed by atoms with van der Waals surface area (Å²) in [5, 5.41) is 7.84. The van der Waals surface area contributed by atoms with Crippen LogP contribution in [0.1, 0.15) is 13.3 Å². The molecule has 0 aliphatic carbocycles. The molecule has 0 aromatic heterocycles. The van der Waals surface area contributed by atoms with Crippen molar-refractivity contribution >= 4 is 11.9 Å². The van der Waals surface area contributed by atoms with Gasteiger partial charge in [-0.15, -0.1) is 32.9 Å². The zero-order chi connectivity index (χ0) is 14.0. The third-order valence-corrected chi connectivity index (χ3v) is 0.568.